The van der Waals surface area contributed by atoms with Gasteiger partial charge in [-0.3, -0.25) is 14.9 Å². The molecule has 0 aliphatic heterocycles. The molecule has 2 amide bonds. The predicted molar refractivity (Wildman–Crippen MR) is 96.4 cm³/mol. The highest BCUT2D eigenvalue weighted by atomic mass is 32.2. The molecule has 0 saturated heterocycles. The zero-order valence-corrected chi connectivity index (χ0v) is 14.1. The molecule has 0 radical (unpaired) electrons. The first-order valence-electron chi connectivity index (χ1n) is 7.06. The highest BCUT2D eigenvalue weighted by molar-refractivity contribution is 7.99. The van der Waals surface area contributed by atoms with E-state index in [2.05, 4.69) is 15.6 Å². The Hall–Kier alpha value is -2.64. The molecule has 0 atom stereocenters. The van der Waals surface area contributed by atoms with Crippen molar-refractivity contribution >= 4 is 45.7 Å². The summed E-state index contributed by atoms with van der Waals surface area (Å²) in [5, 5.41) is 7.22. The molecule has 5 nitrogen and oxygen atoms in total. The molecule has 0 saturated carbocycles. The van der Waals surface area contributed by atoms with Crippen molar-refractivity contribution in [1.29, 1.82) is 0 Å². The lowest BCUT2D eigenvalue weighted by Gasteiger charge is -2.10. The maximum atomic E-state index is 12.1. The van der Waals surface area contributed by atoms with Crippen molar-refractivity contribution < 1.29 is 9.59 Å². The third-order valence-electron chi connectivity index (χ3n) is 2.97. The van der Waals surface area contributed by atoms with E-state index in [0.29, 0.717) is 10.8 Å². The number of aromatic nitrogens is 1. The van der Waals surface area contributed by atoms with E-state index < -0.39 is 11.8 Å². The maximum Gasteiger partial charge on any atom is 0.315 e. The minimum atomic E-state index is -0.746. The summed E-state index contributed by atoms with van der Waals surface area (Å²) in [6, 6.07) is 17.2. The summed E-state index contributed by atoms with van der Waals surface area (Å²) >= 11 is 2.77. The molecule has 120 valence electrons. The molecule has 0 unspecified atom stereocenters. The van der Waals surface area contributed by atoms with E-state index in [9.17, 15) is 9.59 Å². The van der Waals surface area contributed by atoms with Crippen LogP contribution in [0.5, 0.6) is 0 Å². The van der Waals surface area contributed by atoms with E-state index in [1.54, 1.807) is 17.6 Å². The number of thiazole rings is 1. The Balaban J connectivity index is 1.70. The van der Waals surface area contributed by atoms with Crippen molar-refractivity contribution in [3.8, 4) is 0 Å². The number of nitrogens with one attached hydrogen (secondary N) is 2. The monoisotopic (exact) mass is 355 g/mol. The van der Waals surface area contributed by atoms with Gasteiger partial charge in [-0.25, -0.2) is 4.98 Å². The van der Waals surface area contributed by atoms with Crippen molar-refractivity contribution in [1.82, 2.24) is 4.98 Å². The predicted octanol–water partition coefficient (Wildman–Crippen LogP) is 3.87. The van der Waals surface area contributed by atoms with Gasteiger partial charge in [0.1, 0.15) is 0 Å². The molecule has 2 N–H and O–H groups in total. The van der Waals surface area contributed by atoms with Gasteiger partial charge >= 0.3 is 11.8 Å². The van der Waals surface area contributed by atoms with Crippen molar-refractivity contribution in [3.05, 3.63) is 66.2 Å². The van der Waals surface area contributed by atoms with Gasteiger partial charge in [-0.15, -0.1) is 11.3 Å². The molecule has 0 bridgehead atoms. The number of carbonyl (C=O) groups is 2. The second-order valence-corrected chi connectivity index (χ2v) is 6.67. The van der Waals surface area contributed by atoms with Gasteiger partial charge in [-0.2, -0.15) is 0 Å². The van der Waals surface area contributed by atoms with Gasteiger partial charge in [-0.05, 0) is 24.3 Å². The van der Waals surface area contributed by atoms with Gasteiger partial charge in [-0.1, -0.05) is 42.1 Å². The largest absolute Gasteiger partial charge is 0.317 e. The smallest absolute Gasteiger partial charge is 0.315 e. The number of carbonyl (C=O) groups excluding carboxylic acids is 2. The second kappa shape index (κ2) is 7.76. The van der Waals surface area contributed by atoms with E-state index in [1.165, 1.54) is 23.1 Å². The lowest BCUT2D eigenvalue weighted by atomic mass is 10.3. The minimum absolute atomic E-state index is 0.391. The fraction of sp³-hybridized carbons (Fsp3) is 0. The molecule has 2 aromatic carbocycles. The number of hydrogen-bond acceptors (Lipinski definition) is 5. The van der Waals surface area contributed by atoms with Crippen LogP contribution in [0.15, 0.2) is 76.0 Å². The van der Waals surface area contributed by atoms with Crippen LogP contribution in [-0.4, -0.2) is 16.8 Å². The molecular weight excluding hydrogens is 342 g/mol. The average Bonchev–Trinajstić information content (AvgIpc) is 3.10. The number of anilines is 2. The lowest BCUT2D eigenvalue weighted by molar-refractivity contribution is -0.133. The first kappa shape index (κ1) is 16.2. The van der Waals surface area contributed by atoms with E-state index in [0.717, 1.165) is 9.79 Å². The molecule has 0 fully saturated rings. The standard InChI is InChI=1S/C17H13N3O2S2/c21-15(16(22)20-17-18-10-11-23-17)19-13-8-4-5-9-14(13)24-12-6-2-1-3-7-12/h1-11H,(H,19,21)(H,18,20,22). The fourth-order valence-corrected chi connectivity index (χ4v) is 3.34. The number of hydrogen-bond donors (Lipinski definition) is 2. The Kier molecular flexibility index (Phi) is 5.25. The third-order valence-corrected chi connectivity index (χ3v) is 4.74. The van der Waals surface area contributed by atoms with Crippen molar-refractivity contribution in [3.63, 3.8) is 0 Å². The summed E-state index contributed by atoms with van der Waals surface area (Å²) < 4.78 is 0. The molecule has 1 aromatic heterocycles. The van der Waals surface area contributed by atoms with Crippen molar-refractivity contribution in [2.24, 2.45) is 0 Å². The highest BCUT2D eigenvalue weighted by Crippen LogP contribution is 2.33. The minimum Gasteiger partial charge on any atom is -0.317 e. The summed E-state index contributed by atoms with van der Waals surface area (Å²) in [6.07, 6.45) is 1.56. The van der Waals surface area contributed by atoms with Gasteiger partial charge in [0.05, 0.1) is 5.69 Å². The quantitative estimate of drug-likeness (QED) is 0.697. The number of rotatable bonds is 4. The Morgan fingerprint density at radius 3 is 2.38 bits per heavy atom. The van der Waals surface area contributed by atoms with E-state index >= 15 is 0 Å². The van der Waals surface area contributed by atoms with Crippen molar-refractivity contribution in [2.75, 3.05) is 10.6 Å². The summed E-state index contributed by atoms with van der Waals surface area (Å²) in [6.45, 7) is 0. The molecule has 3 aromatic rings. The van der Waals surface area contributed by atoms with Crippen LogP contribution in [-0.2, 0) is 9.59 Å². The third kappa shape index (κ3) is 4.21. The molecule has 0 aliphatic carbocycles. The highest BCUT2D eigenvalue weighted by Gasteiger charge is 2.16. The molecule has 3 rings (SSSR count). The fourth-order valence-electron chi connectivity index (χ4n) is 1.89. The topological polar surface area (TPSA) is 71.1 Å². The Morgan fingerprint density at radius 2 is 1.62 bits per heavy atom. The molecule has 1 heterocycles. The van der Waals surface area contributed by atoms with Gasteiger partial charge in [0.15, 0.2) is 5.13 Å². The average molecular weight is 355 g/mol. The normalized spacial score (nSPS) is 10.2. The second-order valence-electron chi connectivity index (χ2n) is 4.66. The van der Waals surface area contributed by atoms with Crippen LogP contribution < -0.4 is 10.6 Å². The van der Waals surface area contributed by atoms with Crippen LogP contribution in [0.2, 0.25) is 0 Å². The molecule has 0 aliphatic rings. The summed E-state index contributed by atoms with van der Waals surface area (Å²) in [4.78, 5) is 29.8. The van der Waals surface area contributed by atoms with E-state index in [1.807, 2.05) is 48.5 Å². The lowest BCUT2D eigenvalue weighted by Crippen LogP contribution is -2.29. The first-order valence-corrected chi connectivity index (χ1v) is 8.76. The van der Waals surface area contributed by atoms with Gasteiger partial charge in [0, 0.05) is 21.4 Å². The zero-order chi connectivity index (χ0) is 16.8. The van der Waals surface area contributed by atoms with Crippen LogP contribution in [0, 0.1) is 0 Å². The van der Waals surface area contributed by atoms with Gasteiger partial charge < -0.3 is 5.32 Å². The van der Waals surface area contributed by atoms with Crippen LogP contribution in [0.3, 0.4) is 0 Å². The number of amides is 2. The molecule has 0 spiro atoms. The maximum absolute atomic E-state index is 12.1. The van der Waals surface area contributed by atoms with Crippen LogP contribution >= 0.6 is 23.1 Å². The molecule has 24 heavy (non-hydrogen) atoms. The Labute approximate surface area is 147 Å². The zero-order valence-electron chi connectivity index (χ0n) is 12.4. The SMILES string of the molecule is O=C(Nc1nccs1)C(=O)Nc1ccccc1Sc1ccccc1. The molecular formula is C17H13N3O2S2. The summed E-state index contributed by atoms with van der Waals surface area (Å²) in [5.41, 5.74) is 0.589. The van der Waals surface area contributed by atoms with Crippen LogP contribution in [0.4, 0.5) is 10.8 Å². The van der Waals surface area contributed by atoms with Crippen LogP contribution in [0.25, 0.3) is 0 Å². The van der Waals surface area contributed by atoms with E-state index in [-0.39, 0.29) is 0 Å². The first-order chi connectivity index (χ1) is 11.7. The van der Waals surface area contributed by atoms with Crippen molar-refractivity contribution in [2.45, 2.75) is 9.79 Å². The number of benzene rings is 2. The van der Waals surface area contributed by atoms with Gasteiger partial charge in [0.2, 0.25) is 0 Å². The number of nitrogens with zero attached hydrogens (tertiary/aromatic N) is 1. The van der Waals surface area contributed by atoms with E-state index in [4.69, 9.17) is 0 Å². The number of para-hydroxylation sites is 1. The Morgan fingerprint density at radius 1 is 0.917 bits per heavy atom. The summed E-state index contributed by atoms with van der Waals surface area (Å²) in [5.74, 6) is -1.48. The van der Waals surface area contributed by atoms with Gasteiger partial charge in [0.25, 0.3) is 0 Å². The molecule has 7 heteroatoms. The Bertz CT molecular complexity index is 836. The summed E-state index contributed by atoms with van der Waals surface area (Å²) in [7, 11) is 0. The van der Waals surface area contributed by atoms with Crippen LogP contribution in [0.1, 0.15) is 0 Å².